The van der Waals surface area contributed by atoms with E-state index in [0.717, 1.165) is 59.5 Å². The first-order valence-electron chi connectivity index (χ1n) is 13.0. The minimum Gasteiger partial charge on any atom is -0.496 e. The number of carbonyl (C=O) groups is 1. The maximum atomic E-state index is 15.3. The van der Waals surface area contributed by atoms with Gasteiger partial charge in [0.1, 0.15) is 11.6 Å². The molecule has 3 aromatic carbocycles. The number of ether oxygens (including phenoxy) is 1. The number of hydrogen-bond donors (Lipinski definition) is 1. The van der Waals surface area contributed by atoms with Gasteiger partial charge in [0, 0.05) is 19.6 Å². The van der Waals surface area contributed by atoms with Gasteiger partial charge in [-0.2, -0.15) is 0 Å². The number of hydrogen-bond acceptors (Lipinski definition) is 3. The lowest BCUT2D eigenvalue weighted by molar-refractivity contribution is 0.0696. The topological polar surface area (TPSA) is 49.8 Å². The summed E-state index contributed by atoms with van der Waals surface area (Å²) >= 11 is 0. The summed E-state index contributed by atoms with van der Waals surface area (Å²) in [6.07, 6.45) is 4.83. The number of halogens is 2. The standard InChI is InChI=1S/C32H31F2NO3/c1-38-29-8-3-7-28(34)31(29)27-6-2-5-24-18-25(32(36)37)13-14-26(24)30(27)23-11-9-21(10-12-23)17-22-19-35(20-22)16-4-15-33/h3,7-14,17-18H,2,4-6,15-16,19-20H2,1H3,(H,36,37). The molecule has 0 amide bonds. The molecule has 4 nitrogen and oxygen atoms in total. The Morgan fingerprint density at radius 2 is 1.87 bits per heavy atom. The number of carboxylic acids is 1. The van der Waals surface area contributed by atoms with E-state index in [4.69, 9.17) is 4.74 Å². The number of aromatic carboxylic acids is 1. The van der Waals surface area contributed by atoms with Gasteiger partial charge < -0.3 is 9.84 Å². The minimum absolute atomic E-state index is 0.248. The monoisotopic (exact) mass is 515 g/mol. The zero-order valence-electron chi connectivity index (χ0n) is 21.5. The van der Waals surface area contributed by atoms with Gasteiger partial charge in [0.2, 0.25) is 0 Å². The molecule has 1 aliphatic heterocycles. The van der Waals surface area contributed by atoms with Crippen LogP contribution in [0.5, 0.6) is 5.75 Å². The third kappa shape index (κ3) is 5.27. The molecule has 1 fully saturated rings. The molecule has 0 unspecified atom stereocenters. The second kappa shape index (κ2) is 11.3. The number of methoxy groups -OCH3 is 1. The van der Waals surface area contributed by atoms with Gasteiger partial charge in [0.25, 0.3) is 0 Å². The van der Waals surface area contributed by atoms with E-state index in [-0.39, 0.29) is 18.1 Å². The molecule has 5 rings (SSSR count). The molecule has 1 aliphatic carbocycles. The largest absolute Gasteiger partial charge is 0.496 e. The van der Waals surface area contributed by atoms with Gasteiger partial charge >= 0.3 is 5.97 Å². The van der Waals surface area contributed by atoms with Crippen LogP contribution >= 0.6 is 0 Å². The van der Waals surface area contributed by atoms with Crippen LogP contribution in [-0.2, 0) is 6.42 Å². The normalized spacial score (nSPS) is 15.5. The van der Waals surface area contributed by atoms with Gasteiger partial charge in [-0.05, 0) is 88.9 Å². The Morgan fingerprint density at radius 3 is 2.58 bits per heavy atom. The molecule has 6 heteroatoms. The summed E-state index contributed by atoms with van der Waals surface area (Å²) in [7, 11) is 1.55. The van der Waals surface area contributed by atoms with Crippen molar-refractivity contribution in [1.29, 1.82) is 0 Å². The van der Waals surface area contributed by atoms with Crippen LogP contribution in [0.3, 0.4) is 0 Å². The van der Waals surface area contributed by atoms with Crippen molar-refractivity contribution < 1.29 is 23.4 Å². The average Bonchev–Trinajstić information content (AvgIpc) is 3.09. The molecule has 3 aromatic rings. The van der Waals surface area contributed by atoms with E-state index in [0.29, 0.717) is 30.6 Å². The fourth-order valence-electron chi connectivity index (χ4n) is 5.51. The molecular formula is C32H31F2NO3. The first kappa shape index (κ1) is 25.9. The summed E-state index contributed by atoms with van der Waals surface area (Å²) in [4.78, 5) is 13.9. The SMILES string of the molecule is COc1cccc(F)c1C1=C(c2ccc(C=C3CN(CCCF)C3)cc2)c2ccc(C(=O)O)cc2CCC1. The lowest BCUT2D eigenvalue weighted by atomic mass is 9.86. The Bertz CT molecular complexity index is 1400. The number of fused-ring (bicyclic) bond motifs is 1. The molecule has 38 heavy (non-hydrogen) atoms. The highest BCUT2D eigenvalue weighted by Gasteiger charge is 2.25. The maximum Gasteiger partial charge on any atom is 0.335 e. The van der Waals surface area contributed by atoms with Crippen LogP contribution < -0.4 is 4.74 Å². The molecule has 0 spiro atoms. The van der Waals surface area contributed by atoms with Crippen LogP contribution in [-0.4, -0.2) is 49.4 Å². The van der Waals surface area contributed by atoms with Crippen molar-refractivity contribution in [2.24, 2.45) is 0 Å². The van der Waals surface area contributed by atoms with Crippen molar-refractivity contribution in [3.63, 3.8) is 0 Å². The second-order valence-corrected chi connectivity index (χ2v) is 9.88. The van der Waals surface area contributed by atoms with Crippen molar-refractivity contribution in [2.75, 3.05) is 33.4 Å². The van der Waals surface area contributed by atoms with Crippen LogP contribution in [0.25, 0.3) is 17.2 Å². The van der Waals surface area contributed by atoms with Crippen molar-refractivity contribution in [1.82, 2.24) is 4.90 Å². The third-order valence-corrected chi connectivity index (χ3v) is 7.32. The van der Waals surface area contributed by atoms with Crippen LogP contribution in [0.1, 0.15) is 57.4 Å². The molecule has 0 atom stereocenters. The summed E-state index contributed by atoms with van der Waals surface area (Å²) in [6, 6.07) is 18.3. The smallest absolute Gasteiger partial charge is 0.335 e. The van der Waals surface area contributed by atoms with Gasteiger partial charge in [-0.15, -0.1) is 0 Å². The highest BCUT2D eigenvalue weighted by molar-refractivity contribution is 6.01. The van der Waals surface area contributed by atoms with Gasteiger partial charge in [-0.1, -0.05) is 42.5 Å². The summed E-state index contributed by atoms with van der Waals surface area (Å²) < 4.78 is 33.3. The number of benzene rings is 3. The highest BCUT2D eigenvalue weighted by Crippen LogP contribution is 2.43. The predicted molar refractivity (Wildman–Crippen MR) is 147 cm³/mol. The van der Waals surface area contributed by atoms with Gasteiger partial charge in [0.05, 0.1) is 24.9 Å². The van der Waals surface area contributed by atoms with Crippen molar-refractivity contribution in [3.8, 4) is 5.75 Å². The van der Waals surface area contributed by atoms with Gasteiger partial charge in [-0.25, -0.2) is 9.18 Å². The Balaban J connectivity index is 1.58. The summed E-state index contributed by atoms with van der Waals surface area (Å²) in [5.74, 6) is -0.826. The molecule has 1 N–H and O–H groups in total. The zero-order chi connectivity index (χ0) is 26.6. The molecule has 1 heterocycles. The molecular weight excluding hydrogens is 484 g/mol. The molecule has 0 aromatic heterocycles. The number of nitrogens with zero attached hydrogens (tertiary/aromatic N) is 1. The van der Waals surface area contributed by atoms with E-state index in [9.17, 15) is 14.3 Å². The number of aryl methyl sites for hydroxylation is 1. The first-order chi connectivity index (χ1) is 18.5. The van der Waals surface area contributed by atoms with E-state index in [1.54, 1.807) is 31.4 Å². The lowest BCUT2D eigenvalue weighted by Crippen LogP contribution is -2.40. The zero-order valence-corrected chi connectivity index (χ0v) is 21.5. The predicted octanol–water partition coefficient (Wildman–Crippen LogP) is 6.89. The number of allylic oxidation sites excluding steroid dienone is 1. The molecule has 196 valence electrons. The summed E-state index contributed by atoms with van der Waals surface area (Å²) in [5, 5.41) is 9.56. The Labute approximate surface area is 221 Å². The Morgan fingerprint density at radius 1 is 1.08 bits per heavy atom. The quantitative estimate of drug-likeness (QED) is 0.355. The summed E-state index contributed by atoms with van der Waals surface area (Å²) in [6.45, 7) is 2.23. The first-order valence-corrected chi connectivity index (χ1v) is 13.0. The fourth-order valence-corrected chi connectivity index (χ4v) is 5.51. The number of rotatable bonds is 8. The Kier molecular flexibility index (Phi) is 7.70. The van der Waals surface area contributed by atoms with Crippen molar-refractivity contribution in [2.45, 2.75) is 25.7 Å². The van der Waals surface area contributed by atoms with E-state index in [2.05, 4.69) is 35.2 Å². The highest BCUT2D eigenvalue weighted by atomic mass is 19.1. The minimum atomic E-state index is -0.963. The van der Waals surface area contributed by atoms with Crippen LogP contribution in [0.15, 0.2) is 66.2 Å². The second-order valence-electron chi connectivity index (χ2n) is 9.88. The van der Waals surface area contributed by atoms with E-state index < -0.39 is 5.97 Å². The number of alkyl halides is 1. The summed E-state index contributed by atoms with van der Waals surface area (Å²) in [5.41, 5.74) is 7.65. The molecule has 0 saturated carbocycles. The molecule has 0 bridgehead atoms. The van der Waals surface area contributed by atoms with Crippen molar-refractivity contribution in [3.05, 3.63) is 105 Å². The van der Waals surface area contributed by atoms with E-state index in [1.807, 2.05) is 6.07 Å². The van der Waals surface area contributed by atoms with E-state index in [1.165, 1.54) is 11.6 Å². The average molecular weight is 516 g/mol. The molecule has 0 radical (unpaired) electrons. The van der Waals surface area contributed by atoms with Crippen LogP contribution in [0, 0.1) is 5.82 Å². The number of likely N-dealkylation sites (tertiary alicyclic amines) is 1. The van der Waals surface area contributed by atoms with E-state index >= 15 is 4.39 Å². The van der Waals surface area contributed by atoms with Crippen LogP contribution in [0.4, 0.5) is 8.78 Å². The van der Waals surface area contributed by atoms with Gasteiger partial charge in [-0.3, -0.25) is 9.29 Å². The van der Waals surface area contributed by atoms with Crippen LogP contribution in [0.2, 0.25) is 0 Å². The fraction of sp³-hybridized carbons (Fsp3) is 0.281. The lowest BCUT2D eigenvalue weighted by Gasteiger charge is -2.33. The maximum absolute atomic E-state index is 15.3. The number of carboxylic acid groups (broad SMARTS) is 1. The molecule has 2 aliphatic rings. The third-order valence-electron chi connectivity index (χ3n) is 7.32. The van der Waals surface area contributed by atoms with Gasteiger partial charge in [0.15, 0.2) is 0 Å². The Hall–Kier alpha value is -3.77. The van der Waals surface area contributed by atoms with Crippen molar-refractivity contribution >= 4 is 23.2 Å². The molecule has 1 saturated heterocycles.